The van der Waals surface area contributed by atoms with Crippen molar-refractivity contribution < 1.29 is 33.3 Å². The van der Waals surface area contributed by atoms with Crippen molar-refractivity contribution in [2.24, 2.45) is 10.8 Å². The number of ether oxygens (including phenoxy) is 2. The van der Waals surface area contributed by atoms with E-state index >= 15 is 0 Å². The Bertz CT molecular complexity index is 1260. The van der Waals surface area contributed by atoms with E-state index in [4.69, 9.17) is 14.1 Å². The molecule has 4 atom stereocenters. The summed E-state index contributed by atoms with van der Waals surface area (Å²) in [5.41, 5.74) is 2.58. The van der Waals surface area contributed by atoms with Crippen molar-refractivity contribution in [3.8, 4) is 0 Å². The first-order chi connectivity index (χ1) is 20.8. The van der Waals surface area contributed by atoms with Gasteiger partial charge in [0.25, 0.3) is 0 Å². The molecule has 5 rings (SSSR count). The summed E-state index contributed by atoms with van der Waals surface area (Å²) in [5.74, 6) is -1.04. The molecule has 0 aromatic heterocycles. The zero-order valence-corrected chi connectivity index (χ0v) is 26.6. The van der Waals surface area contributed by atoms with Crippen LogP contribution in [0.4, 0.5) is 9.59 Å². The lowest BCUT2D eigenvalue weighted by atomic mass is 9.85. The molecule has 1 aromatic carbocycles. The summed E-state index contributed by atoms with van der Waals surface area (Å²) in [7, 11) is 1.59. The second-order valence-electron chi connectivity index (χ2n) is 14.5. The molecular weight excluding hydrogens is 563 g/mol. The van der Waals surface area contributed by atoms with Crippen LogP contribution in [0.3, 0.4) is 0 Å². The van der Waals surface area contributed by atoms with Crippen LogP contribution in [-0.4, -0.2) is 85.2 Å². The number of amides is 4. The summed E-state index contributed by atoms with van der Waals surface area (Å²) in [6, 6.07) is 4.37. The summed E-state index contributed by atoms with van der Waals surface area (Å²) in [6.07, 6.45) is 2.66. The van der Waals surface area contributed by atoms with Crippen LogP contribution in [0.15, 0.2) is 18.2 Å². The highest BCUT2D eigenvalue weighted by Gasteiger charge is 2.47. The largest absolute Gasteiger partial charge is 0.449 e. The zero-order chi connectivity index (χ0) is 31.6. The molecule has 0 saturated carbocycles. The van der Waals surface area contributed by atoms with Gasteiger partial charge < -0.3 is 29.7 Å². The van der Waals surface area contributed by atoms with E-state index in [2.05, 4.69) is 36.6 Å². The average Bonchev–Trinajstić information content (AvgIpc) is 3.72. The van der Waals surface area contributed by atoms with Gasteiger partial charge in [-0.25, -0.2) is 9.59 Å². The van der Waals surface area contributed by atoms with E-state index in [9.17, 15) is 19.2 Å². The van der Waals surface area contributed by atoms with Crippen LogP contribution in [0.1, 0.15) is 83.4 Å². The molecule has 1 aromatic rings. The highest BCUT2D eigenvalue weighted by Crippen LogP contribution is 2.32. The maximum absolute atomic E-state index is 14.2. The van der Waals surface area contributed by atoms with E-state index in [1.54, 1.807) is 12.4 Å². The highest BCUT2D eigenvalue weighted by molar-refractivity contribution is 6.31. The lowest BCUT2D eigenvalue weighted by Crippen LogP contribution is -2.58. The number of fused-ring (bicyclic) bond motifs is 3. The first-order valence-corrected chi connectivity index (χ1v) is 15.8. The third-order valence-electron chi connectivity index (χ3n) is 9.11. The lowest BCUT2D eigenvalue weighted by molar-refractivity contribution is -0.142. The summed E-state index contributed by atoms with van der Waals surface area (Å²) in [4.78, 5) is 57.3. The summed E-state index contributed by atoms with van der Waals surface area (Å²) < 4.78 is 16.9. The van der Waals surface area contributed by atoms with Crippen molar-refractivity contribution in [3.05, 3.63) is 34.9 Å². The first kappa shape index (κ1) is 32.1. The molecule has 239 valence electrons. The van der Waals surface area contributed by atoms with Crippen LogP contribution in [0, 0.1) is 10.8 Å². The number of carbonyl (C=O) groups is 4. The third kappa shape index (κ3) is 7.50. The summed E-state index contributed by atoms with van der Waals surface area (Å²) in [6.45, 7) is 11.4. The van der Waals surface area contributed by atoms with Gasteiger partial charge in [-0.15, -0.1) is 0 Å². The smallest absolute Gasteiger partial charge is 0.410 e. The first-order valence-electron chi connectivity index (χ1n) is 15.8. The quantitative estimate of drug-likeness (QED) is 0.492. The SMILES string of the molecule is CC1(C)CCCCc2cccc3c2CN(C3)C(=O)O[C@@H]2C[C@@H](C(=O)N[C@@H]3[B]OCC3)N(C2)C(=O)[C@H](C(C)(C)C)NC(=O)OC1. The molecule has 0 aliphatic carbocycles. The number of carbonyl (C=O) groups excluding carboxylic acids is 4. The Morgan fingerprint density at radius 2 is 1.89 bits per heavy atom. The second kappa shape index (κ2) is 13.0. The Morgan fingerprint density at radius 3 is 2.61 bits per heavy atom. The highest BCUT2D eigenvalue weighted by atomic mass is 16.6. The molecule has 2 fully saturated rings. The van der Waals surface area contributed by atoms with Crippen molar-refractivity contribution in [2.45, 2.75) is 110 Å². The number of benzene rings is 1. The van der Waals surface area contributed by atoms with E-state index in [0.717, 1.165) is 31.2 Å². The average molecular weight is 610 g/mol. The molecule has 4 amide bonds. The monoisotopic (exact) mass is 609 g/mol. The minimum atomic E-state index is -0.971. The molecule has 2 N–H and O–H groups in total. The van der Waals surface area contributed by atoms with E-state index in [1.165, 1.54) is 16.0 Å². The van der Waals surface area contributed by atoms with Gasteiger partial charge in [0.2, 0.25) is 11.8 Å². The second-order valence-corrected chi connectivity index (χ2v) is 14.5. The molecule has 12 heteroatoms. The fraction of sp³-hybridized carbons (Fsp3) is 0.688. The number of cyclic esters (lactones) is 1. The Labute approximate surface area is 261 Å². The number of nitrogens with zero attached hydrogens (tertiary/aromatic N) is 2. The minimum absolute atomic E-state index is 0.0376. The third-order valence-corrected chi connectivity index (χ3v) is 9.11. The van der Waals surface area contributed by atoms with Crippen LogP contribution in [-0.2, 0) is 43.2 Å². The van der Waals surface area contributed by atoms with Gasteiger partial charge in [-0.1, -0.05) is 59.2 Å². The summed E-state index contributed by atoms with van der Waals surface area (Å²) in [5, 5.41) is 5.74. The molecule has 4 aliphatic rings. The maximum atomic E-state index is 14.2. The van der Waals surface area contributed by atoms with Gasteiger partial charge in [0.1, 0.15) is 18.2 Å². The van der Waals surface area contributed by atoms with E-state index < -0.39 is 41.7 Å². The Kier molecular flexibility index (Phi) is 9.48. The predicted molar refractivity (Wildman–Crippen MR) is 163 cm³/mol. The van der Waals surface area contributed by atoms with Gasteiger partial charge in [0, 0.05) is 32.1 Å². The van der Waals surface area contributed by atoms with Crippen molar-refractivity contribution in [1.82, 2.24) is 20.4 Å². The van der Waals surface area contributed by atoms with Crippen molar-refractivity contribution in [1.29, 1.82) is 0 Å². The van der Waals surface area contributed by atoms with Gasteiger partial charge in [-0.05, 0) is 53.2 Å². The van der Waals surface area contributed by atoms with E-state index in [0.29, 0.717) is 26.1 Å². The number of aryl methyl sites for hydroxylation is 1. The van der Waals surface area contributed by atoms with Crippen molar-refractivity contribution >= 4 is 31.5 Å². The maximum Gasteiger partial charge on any atom is 0.410 e. The molecule has 11 nitrogen and oxygen atoms in total. The van der Waals surface area contributed by atoms with Crippen LogP contribution in [0.2, 0.25) is 0 Å². The van der Waals surface area contributed by atoms with Crippen LogP contribution in [0.5, 0.6) is 0 Å². The normalized spacial score (nSPS) is 28.1. The van der Waals surface area contributed by atoms with E-state index in [-0.39, 0.29) is 36.8 Å². The van der Waals surface area contributed by atoms with Crippen LogP contribution in [0.25, 0.3) is 0 Å². The standard InChI is InChI=1S/C32H46BN4O7/c1-31(2,3)26-28(39)37-17-22(15-24(37)27(38)34-25-12-14-43-33-25)44-30(41)36-16-21-11-8-10-20(23(21)18-36)9-6-7-13-32(4,5)19-42-29(40)35-26/h8,10-11,22,24-26H,6-7,9,12-19H2,1-5H3,(H,34,38)(H,35,40)/t22-,24+,25+,26-/m1/s1. The number of hydrogen-bond donors (Lipinski definition) is 2. The Hall–Kier alpha value is -3.28. The van der Waals surface area contributed by atoms with Gasteiger partial charge >= 0.3 is 19.7 Å². The number of hydrogen-bond acceptors (Lipinski definition) is 7. The van der Waals surface area contributed by atoms with Crippen LogP contribution >= 0.6 is 0 Å². The van der Waals surface area contributed by atoms with Gasteiger partial charge in [-0.3, -0.25) is 14.5 Å². The topological polar surface area (TPSA) is 127 Å². The van der Waals surface area contributed by atoms with E-state index in [1.807, 2.05) is 26.8 Å². The predicted octanol–water partition coefficient (Wildman–Crippen LogP) is 3.48. The molecule has 44 heavy (non-hydrogen) atoms. The Morgan fingerprint density at radius 1 is 1.11 bits per heavy atom. The van der Waals surface area contributed by atoms with Crippen LogP contribution < -0.4 is 10.6 Å². The summed E-state index contributed by atoms with van der Waals surface area (Å²) >= 11 is 0. The van der Waals surface area contributed by atoms with Gasteiger partial charge in [0.05, 0.1) is 13.2 Å². The molecule has 4 aliphatic heterocycles. The lowest BCUT2D eigenvalue weighted by Gasteiger charge is -2.35. The number of alkyl carbamates (subject to hydrolysis) is 1. The van der Waals surface area contributed by atoms with Gasteiger partial charge in [0.15, 0.2) is 0 Å². The Balaban J connectivity index is 1.41. The number of nitrogens with one attached hydrogen (secondary N) is 2. The molecule has 0 unspecified atom stereocenters. The van der Waals surface area contributed by atoms with Crippen molar-refractivity contribution in [2.75, 3.05) is 19.8 Å². The molecule has 4 heterocycles. The van der Waals surface area contributed by atoms with Gasteiger partial charge in [-0.2, -0.15) is 0 Å². The minimum Gasteiger partial charge on any atom is -0.449 e. The molecule has 2 saturated heterocycles. The fourth-order valence-corrected chi connectivity index (χ4v) is 6.51. The molecule has 4 bridgehead atoms. The molecule has 1 radical (unpaired) electrons. The van der Waals surface area contributed by atoms with Crippen molar-refractivity contribution in [3.63, 3.8) is 0 Å². The molecular formula is C32H46BN4O7. The number of rotatable bonds is 2. The zero-order valence-electron chi connectivity index (χ0n) is 26.6. The molecule has 0 spiro atoms. The fourth-order valence-electron chi connectivity index (χ4n) is 6.51.